The number of aromatic amines is 1. The van der Waals surface area contributed by atoms with Crippen LogP contribution in [0.4, 0.5) is 0 Å². The number of ether oxygens (including phenoxy) is 2. The predicted molar refractivity (Wildman–Crippen MR) is 73.3 cm³/mol. The number of esters is 2. The summed E-state index contributed by atoms with van der Waals surface area (Å²) >= 11 is 0. The molecule has 0 aliphatic rings. The van der Waals surface area contributed by atoms with Crippen molar-refractivity contribution in [3.8, 4) is 0 Å². The van der Waals surface area contributed by atoms with E-state index in [9.17, 15) is 9.59 Å². The van der Waals surface area contributed by atoms with Gasteiger partial charge in [0, 0.05) is 17.3 Å². The Labute approximate surface area is 115 Å². The summed E-state index contributed by atoms with van der Waals surface area (Å²) in [6.07, 6.45) is 0.196. The second kappa shape index (κ2) is 5.75. The highest BCUT2D eigenvalue weighted by atomic mass is 16.5. The first-order valence-corrected chi connectivity index (χ1v) is 6.09. The zero-order valence-corrected chi connectivity index (χ0v) is 11.3. The Morgan fingerprint density at radius 3 is 2.60 bits per heavy atom. The van der Waals surface area contributed by atoms with Crippen molar-refractivity contribution >= 4 is 22.8 Å². The van der Waals surface area contributed by atoms with Crippen LogP contribution in [0.5, 0.6) is 0 Å². The molecule has 6 nitrogen and oxygen atoms in total. The standard InChI is InChI=1S/C14H16N2O4/c1-19-13(17)10(15)7-9-8-5-3-4-6-11(8)16-12(9)14(18)20-2/h3-6,10,16H,7,15H2,1-2H3. The summed E-state index contributed by atoms with van der Waals surface area (Å²) in [5.41, 5.74) is 7.54. The van der Waals surface area contributed by atoms with E-state index < -0.39 is 18.0 Å². The lowest BCUT2D eigenvalue weighted by atomic mass is 10.0. The molecule has 1 unspecified atom stereocenters. The topological polar surface area (TPSA) is 94.4 Å². The van der Waals surface area contributed by atoms with Gasteiger partial charge in [0.05, 0.1) is 14.2 Å². The van der Waals surface area contributed by atoms with Crippen LogP contribution in [-0.2, 0) is 20.7 Å². The number of rotatable bonds is 4. The Morgan fingerprint density at radius 2 is 1.95 bits per heavy atom. The Bertz CT molecular complexity index is 648. The maximum Gasteiger partial charge on any atom is 0.354 e. The van der Waals surface area contributed by atoms with E-state index in [1.807, 2.05) is 24.3 Å². The molecule has 1 aromatic carbocycles. The summed E-state index contributed by atoms with van der Waals surface area (Å²) in [6.45, 7) is 0. The summed E-state index contributed by atoms with van der Waals surface area (Å²) in [5.74, 6) is -1.01. The number of hydrogen-bond acceptors (Lipinski definition) is 5. The largest absolute Gasteiger partial charge is 0.468 e. The molecule has 2 rings (SSSR count). The lowest BCUT2D eigenvalue weighted by molar-refractivity contribution is -0.142. The Morgan fingerprint density at radius 1 is 1.25 bits per heavy atom. The van der Waals surface area contributed by atoms with Crippen molar-refractivity contribution in [1.29, 1.82) is 0 Å². The van der Waals surface area contributed by atoms with Gasteiger partial charge in [0.2, 0.25) is 0 Å². The number of H-pyrrole nitrogens is 1. The molecule has 1 aromatic heterocycles. The van der Waals surface area contributed by atoms with E-state index in [-0.39, 0.29) is 6.42 Å². The van der Waals surface area contributed by atoms with Crippen LogP contribution in [0.25, 0.3) is 10.9 Å². The summed E-state index contributed by atoms with van der Waals surface area (Å²) in [7, 11) is 2.58. The third-order valence-electron chi connectivity index (χ3n) is 3.13. The van der Waals surface area contributed by atoms with Gasteiger partial charge in [-0.3, -0.25) is 4.79 Å². The first-order valence-electron chi connectivity index (χ1n) is 6.09. The minimum atomic E-state index is -0.831. The maximum absolute atomic E-state index is 11.8. The summed E-state index contributed by atoms with van der Waals surface area (Å²) in [4.78, 5) is 26.3. The van der Waals surface area contributed by atoms with Gasteiger partial charge in [0.25, 0.3) is 0 Å². The number of carbonyl (C=O) groups excluding carboxylic acids is 2. The zero-order valence-electron chi connectivity index (χ0n) is 11.3. The fourth-order valence-corrected chi connectivity index (χ4v) is 2.14. The zero-order chi connectivity index (χ0) is 14.7. The molecule has 0 aliphatic heterocycles. The average molecular weight is 276 g/mol. The van der Waals surface area contributed by atoms with E-state index in [2.05, 4.69) is 9.72 Å². The second-order valence-corrected chi connectivity index (χ2v) is 4.35. The van der Waals surface area contributed by atoms with Gasteiger partial charge in [-0.2, -0.15) is 0 Å². The molecule has 20 heavy (non-hydrogen) atoms. The van der Waals surface area contributed by atoms with E-state index in [0.717, 1.165) is 10.9 Å². The van der Waals surface area contributed by atoms with E-state index in [1.54, 1.807) is 0 Å². The highest BCUT2D eigenvalue weighted by Gasteiger charge is 2.23. The smallest absolute Gasteiger partial charge is 0.354 e. The minimum absolute atomic E-state index is 0.196. The van der Waals surface area contributed by atoms with E-state index in [4.69, 9.17) is 10.5 Å². The average Bonchev–Trinajstić information content (AvgIpc) is 2.84. The summed E-state index contributed by atoms with van der Waals surface area (Å²) < 4.78 is 9.36. The molecule has 2 aromatic rings. The van der Waals surface area contributed by atoms with E-state index >= 15 is 0 Å². The van der Waals surface area contributed by atoms with Gasteiger partial charge in [0.1, 0.15) is 11.7 Å². The van der Waals surface area contributed by atoms with Crippen molar-refractivity contribution in [3.63, 3.8) is 0 Å². The highest BCUT2D eigenvalue weighted by Crippen LogP contribution is 2.24. The van der Waals surface area contributed by atoms with Crippen molar-refractivity contribution in [2.45, 2.75) is 12.5 Å². The Hall–Kier alpha value is -2.34. The van der Waals surface area contributed by atoms with Crippen LogP contribution in [0.3, 0.4) is 0 Å². The van der Waals surface area contributed by atoms with E-state index in [1.165, 1.54) is 14.2 Å². The van der Waals surface area contributed by atoms with Crippen molar-refractivity contribution < 1.29 is 19.1 Å². The molecule has 106 valence electrons. The molecule has 3 N–H and O–H groups in total. The number of nitrogens with two attached hydrogens (primary N) is 1. The van der Waals surface area contributed by atoms with Crippen molar-refractivity contribution in [2.75, 3.05) is 14.2 Å². The van der Waals surface area contributed by atoms with Crippen LogP contribution in [-0.4, -0.2) is 37.2 Å². The van der Waals surface area contributed by atoms with Gasteiger partial charge in [-0.1, -0.05) is 18.2 Å². The van der Waals surface area contributed by atoms with Crippen LogP contribution < -0.4 is 5.73 Å². The minimum Gasteiger partial charge on any atom is -0.468 e. The lowest BCUT2D eigenvalue weighted by Gasteiger charge is -2.09. The molecule has 0 amide bonds. The normalized spacial score (nSPS) is 12.2. The predicted octanol–water partition coefficient (Wildman–Crippen LogP) is 0.997. The monoisotopic (exact) mass is 276 g/mol. The second-order valence-electron chi connectivity index (χ2n) is 4.35. The van der Waals surface area contributed by atoms with E-state index in [0.29, 0.717) is 11.3 Å². The Kier molecular flexibility index (Phi) is 4.05. The fourth-order valence-electron chi connectivity index (χ4n) is 2.14. The highest BCUT2D eigenvalue weighted by molar-refractivity contribution is 5.98. The summed E-state index contributed by atoms with van der Waals surface area (Å²) in [6, 6.07) is 6.57. The van der Waals surface area contributed by atoms with Crippen molar-refractivity contribution in [2.24, 2.45) is 5.73 Å². The number of carbonyl (C=O) groups is 2. The number of benzene rings is 1. The third-order valence-corrected chi connectivity index (χ3v) is 3.13. The lowest BCUT2D eigenvalue weighted by Crippen LogP contribution is -2.34. The molecule has 0 saturated heterocycles. The molecule has 0 fully saturated rings. The molecule has 1 atom stereocenters. The van der Waals surface area contributed by atoms with Crippen LogP contribution in [0.15, 0.2) is 24.3 Å². The number of nitrogens with one attached hydrogen (secondary N) is 1. The molecular formula is C14H16N2O4. The van der Waals surface area contributed by atoms with Crippen LogP contribution in [0.1, 0.15) is 16.1 Å². The van der Waals surface area contributed by atoms with Crippen molar-refractivity contribution in [3.05, 3.63) is 35.5 Å². The SMILES string of the molecule is COC(=O)c1[nH]c2ccccc2c1CC(N)C(=O)OC. The third kappa shape index (κ3) is 2.50. The molecule has 0 spiro atoms. The maximum atomic E-state index is 11.8. The Balaban J connectivity index is 2.48. The number of fused-ring (bicyclic) bond motifs is 1. The molecule has 0 saturated carbocycles. The molecule has 0 bridgehead atoms. The van der Waals surface area contributed by atoms with Gasteiger partial charge in [-0.25, -0.2) is 4.79 Å². The number of hydrogen-bond donors (Lipinski definition) is 2. The van der Waals surface area contributed by atoms with Gasteiger partial charge in [-0.15, -0.1) is 0 Å². The number of aromatic nitrogens is 1. The molecule has 6 heteroatoms. The first-order chi connectivity index (χ1) is 9.58. The number of para-hydroxylation sites is 1. The molecule has 1 heterocycles. The summed E-state index contributed by atoms with van der Waals surface area (Å²) in [5, 5.41) is 0.840. The number of methoxy groups -OCH3 is 2. The quantitative estimate of drug-likeness (QED) is 0.812. The molecule has 0 radical (unpaired) electrons. The van der Waals surface area contributed by atoms with Crippen LogP contribution in [0, 0.1) is 0 Å². The fraction of sp³-hybridized carbons (Fsp3) is 0.286. The van der Waals surface area contributed by atoms with Gasteiger partial charge in [-0.05, 0) is 11.6 Å². The van der Waals surface area contributed by atoms with Gasteiger partial charge in [0.15, 0.2) is 0 Å². The first kappa shape index (κ1) is 14.1. The van der Waals surface area contributed by atoms with Gasteiger partial charge < -0.3 is 20.2 Å². The van der Waals surface area contributed by atoms with Crippen LogP contribution in [0.2, 0.25) is 0 Å². The molecule has 0 aliphatic carbocycles. The van der Waals surface area contributed by atoms with Gasteiger partial charge >= 0.3 is 11.9 Å². The molecular weight excluding hydrogens is 260 g/mol. The van der Waals surface area contributed by atoms with Crippen molar-refractivity contribution in [1.82, 2.24) is 4.98 Å². The van der Waals surface area contributed by atoms with Crippen LogP contribution >= 0.6 is 0 Å².